The van der Waals surface area contributed by atoms with E-state index < -0.39 is 27.2 Å². The molecule has 0 amide bonds. The third-order valence-corrected chi connectivity index (χ3v) is 4.50. The van der Waals surface area contributed by atoms with Crippen molar-refractivity contribution in [3.8, 4) is 0 Å². The van der Waals surface area contributed by atoms with Crippen molar-refractivity contribution in [1.82, 2.24) is 0 Å². The molecule has 0 spiro atoms. The van der Waals surface area contributed by atoms with Crippen molar-refractivity contribution >= 4 is 17.3 Å². The zero-order chi connectivity index (χ0) is 18.8. The summed E-state index contributed by atoms with van der Waals surface area (Å²) >= 11 is 0. The molecule has 2 aromatic carbocycles. The summed E-state index contributed by atoms with van der Waals surface area (Å²) in [5, 5.41) is 21.9. The number of nitro benzene ring substituents is 2. The van der Waals surface area contributed by atoms with E-state index in [2.05, 4.69) is 0 Å². The van der Waals surface area contributed by atoms with Gasteiger partial charge in [-0.1, -0.05) is 18.2 Å². The Morgan fingerprint density at radius 3 is 2.38 bits per heavy atom. The van der Waals surface area contributed by atoms with Gasteiger partial charge in [0, 0.05) is 18.6 Å². The number of carbonyl (C=O) groups is 1. The maximum Gasteiger partial charge on any atom is 0.338 e. The highest BCUT2D eigenvalue weighted by atomic mass is 16.6. The first kappa shape index (κ1) is 17.5. The molecule has 0 saturated carbocycles. The molecule has 0 N–H and O–H groups in total. The number of hydrogen-bond donors (Lipinski definition) is 0. The van der Waals surface area contributed by atoms with E-state index in [-0.39, 0.29) is 11.7 Å². The van der Waals surface area contributed by atoms with E-state index >= 15 is 0 Å². The third kappa shape index (κ3) is 3.53. The molecule has 8 nitrogen and oxygen atoms in total. The Bertz CT molecular complexity index is 876. The van der Waals surface area contributed by atoms with Crippen LogP contribution in [0.15, 0.2) is 36.4 Å². The quantitative estimate of drug-likeness (QED) is 0.470. The fourth-order valence-electron chi connectivity index (χ4n) is 3.21. The van der Waals surface area contributed by atoms with Gasteiger partial charge in [-0.05, 0) is 36.5 Å². The molecule has 0 unspecified atom stereocenters. The van der Waals surface area contributed by atoms with Gasteiger partial charge in [-0.15, -0.1) is 0 Å². The van der Waals surface area contributed by atoms with Crippen molar-refractivity contribution in [2.24, 2.45) is 0 Å². The van der Waals surface area contributed by atoms with Gasteiger partial charge in [-0.3, -0.25) is 20.2 Å². The van der Waals surface area contributed by atoms with Gasteiger partial charge in [-0.25, -0.2) is 4.79 Å². The molecule has 0 saturated heterocycles. The van der Waals surface area contributed by atoms with Crippen LogP contribution in [0.25, 0.3) is 0 Å². The minimum absolute atomic E-state index is 0.194. The molecular weight excluding hydrogens is 340 g/mol. The predicted molar refractivity (Wildman–Crippen MR) is 92.2 cm³/mol. The zero-order valence-electron chi connectivity index (χ0n) is 14.0. The van der Waals surface area contributed by atoms with Crippen LogP contribution in [0, 0.1) is 27.2 Å². The first-order valence-electron chi connectivity index (χ1n) is 8.07. The molecule has 2 aromatic rings. The normalized spacial score (nSPS) is 15.8. The Morgan fingerprint density at radius 1 is 1.12 bits per heavy atom. The largest absolute Gasteiger partial charge is 0.458 e. The minimum atomic E-state index is -0.794. The molecular formula is C18H16N2O6. The third-order valence-electron chi connectivity index (χ3n) is 4.50. The summed E-state index contributed by atoms with van der Waals surface area (Å²) < 4.78 is 5.46. The van der Waals surface area contributed by atoms with Gasteiger partial charge in [0.1, 0.15) is 6.10 Å². The van der Waals surface area contributed by atoms with Gasteiger partial charge in [-0.2, -0.15) is 0 Å². The van der Waals surface area contributed by atoms with Gasteiger partial charge in [0.25, 0.3) is 11.4 Å². The second-order valence-electron chi connectivity index (χ2n) is 6.24. The standard InChI is InChI=1S/C18H16N2O6/c1-11-3-2-4-12-9-16(5-6-17(11)12)26-18(21)13-7-14(19(22)23)10-15(8-13)20(24)25/h2-4,7-8,10,16H,5-6,9H2,1H3/t16-/m0/s1. The van der Waals surface area contributed by atoms with Crippen LogP contribution in [-0.2, 0) is 17.6 Å². The molecule has 26 heavy (non-hydrogen) atoms. The monoisotopic (exact) mass is 356 g/mol. The molecule has 3 rings (SSSR count). The number of benzene rings is 2. The fourth-order valence-corrected chi connectivity index (χ4v) is 3.21. The summed E-state index contributed by atoms with van der Waals surface area (Å²) in [6.07, 6.45) is 1.60. The van der Waals surface area contributed by atoms with Crippen LogP contribution in [0.1, 0.15) is 33.5 Å². The zero-order valence-corrected chi connectivity index (χ0v) is 14.0. The molecule has 0 fully saturated rings. The maximum atomic E-state index is 12.4. The van der Waals surface area contributed by atoms with Gasteiger partial charge in [0.05, 0.1) is 21.5 Å². The molecule has 1 aliphatic carbocycles. The second kappa shape index (κ2) is 6.91. The maximum absolute atomic E-state index is 12.4. The van der Waals surface area contributed by atoms with Gasteiger partial charge >= 0.3 is 5.97 Å². The summed E-state index contributed by atoms with van der Waals surface area (Å²) in [5.74, 6) is -0.794. The van der Waals surface area contributed by atoms with Crippen LogP contribution < -0.4 is 0 Å². The summed E-state index contributed by atoms with van der Waals surface area (Å²) in [7, 11) is 0. The van der Waals surface area contributed by atoms with Gasteiger partial charge < -0.3 is 4.74 Å². The number of nitro groups is 2. The predicted octanol–water partition coefficient (Wildman–Crippen LogP) is 3.53. The molecule has 8 heteroatoms. The summed E-state index contributed by atoms with van der Waals surface area (Å²) in [5.41, 5.74) is 2.33. The molecule has 1 aliphatic rings. The van der Waals surface area contributed by atoms with Crippen molar-refractivity contribution in [2.75, 3.05) is 0 Å². The number of rotatable bonds is 4. The second-order valence-corrected chi connectivity index (χ2v) is 6.24. The number of carbonyl (C=O) groups excluding carboxylic acids is 1. The first-order valence-corrected chi connectivity index (χ1v) is 8.07. The average Bonchev–Trinajstić information content (AvgIpc) is 2.61. The lowest BCUT2D eigenvalue weighted by Crippen LogP contribution is -2.26. The summed E-state index contributed by atoms with van der Waals surface area (Å²) in [6.45, 7) is 2.04. The molecule has 0 radical (unpaired) electrons. The average molecular weight is 356 g/mol. The van der Waals surface area contributed by atoms with Crippen LogP contribution in [0.4, 0.5) is 11.4 Å². The number of non-ortho nitro benzene ring substituents is 2. The molecule has 134 valence electrons. The van der Waals surface area contributed by atoms with Crippen LogP contribution in [-0.4, -0.2) is 21.9 Å². The van der Waals surface area contributed by atoms with E-state index in [4.69, 9.17) is 4.74 Å². The van der Waals surface area contributed by atoms with E-state index in [1.807, 2.05) is 25.1 Å². The van der Waals surface area contributed by atoms with E-state index in [9.17, 15) is 25.0 Å². The topological polar surface area (TPSA) is 113 Å². The van der Waals surface area contributed by atoms with E-state index in [0.717, 1.165) is 30.2 Å². The number of hydrogen-bond acceptors (Lipinski definition) is 6. The number of fused-ring (bicyclic) bond motifs is 1. The van der Waals surface area contributed by atoms with Gasteiger partial charge in [0.2, 0.25) is 0 Å². The lowest BCUT2D eigenvalue weighted by molar-refractivity contribution is -0.394. The van der Waals surface area contributed by atoms with Crippen LogP contribution in [0.2, 0.25) is 0 Å². The molecule has 0 aliphatic heterocycles. The highest BCUT2D eigenvalue weighted by Gasteiger charge is 2.26. The summed E-state index contributed by atoms with van der Waals surface area (Å²) in [6, 6.07) is 8.78. The Kier molecular flexibility index (Phi) is 4.66. The lowest BCUT2D eigenvalue weighted by atomic mass is 9.87. The van der Waals surface area contributed by atoms with Crippen LogP contribution in [0.5, 0.6) is 0 Å². The molecule has 0 heterocycles. The molecule has 0 aromatic heterocycles. The number of aryl methyl sites for hydroxylation is 1. The number of esters is 1. The van der Waals surface area contributed by atoms with E-state index in [1.165, 1.54) is 11.1 Å². The highest BCUT2D eigenvalue weighted by Crippen LogP contribution is 2.28. The van der Waals surface area contributed by atoms with Crippen LogP contribution in [0.3, 0.4) is 0 Å². The first-order chi connectivity index (χ1) is 12.3. The number of ether oxygens (including phenoxy) is 1. The minimum Gasteiger partial charge on any atom is -0.458 e. The van der Waals surface area contributed by atoms with Crippen molar-refractivity contribution in [2.45, 2.75) is 32.3 Å². The van der Waals surface area contributed by atoms with Crippen molar-refractivity contribution < 1.29 is 19.4 Å². The van der Waals surface area contributed by atoms with E-state index in [0.29, 0.717) is 12.8 Å². The Balaban J connectivity index is 1.80. The fraction of sp³-hybridized carbons (Fsp3) is 0.278. The number of nitrogens with zero attached hydrogens (tertiary/aromatic N) is 2. The summed E-state index contributed by atoms with van der Waals surface area (Å²) in [4.78, 5) is 32.7. The SMILES string of the molecule is Cc1cccc2c1CC[C@H](OC(=O)c1cc([N+](=O)[O-])cc([N+](=O)[O-])c1)C2. The van der Waals surface area contributed by atoms with Crippen molar-refractivity contribution in [3.05, 3.63) is 78.9 Å². The van der Waals surface area contributed by atoms with Crippen LogP contribution >= 0.6 is 0 Å². The van der Waals surface area contributed by atoms with Crippen molar-refractivity contribution in [3.63, 3.8) is 0 Å². The lowest BCUT2D eigenvalue weighted by Gasteiger charge is -2.25. The Morgan fingerprint density at radius 2 is 1.77 bits per heavy atom. The van der Waals surface area contributed by atoms with Crippen molar-refractivity contribution in [1.29, 1.82) is 0 Å². The highest BCUT2D eigenvalue weighted by molar-refractivity contribution is 5.91. The molecule has 1 atom stereocenters. The van der Waals surface area contributed by atoms with Gasteiger partial charge in [0.15, 0.2) is 0 Å². The smallest absolute Gasteiger partial charge is 0.338 e. The van der Waals surface area contributed by atoms with E-state index in [1.54, 1.807) is 0 Å². The molecule has 0 bridgehead atoms. The Hall–Kier alpha value is -3.29. The Labute approximate surface area is 148 Å².